The molecule has 0 spiro atoms. The van der Waals surface area contributed by atoms with E-state index in [-0.39, 0.29) is 10.8 Å². The van der Waals surface area contributed by atoms with Crippen molar-refractivity contribution in [3.8, 4) is 12.1 Å². The molecular formula is C12H18N2. The van der Waals surface area contributed by atoms with Gasteiger partial charge in [0.25, 0.3) is 0 Å². The van der Waals surface area contributed by atoms with Crippen LogP contribution in [0.15, 0.2) is 0 Å². The van der Waals surface area contributed by atoms with Crippen molar-refractivity contribution in [2.24, 2.45) is 16.2 Å². The van der Waals surface area contributed by atoms with Gasteiger partial charge in [0.2, 0.25) is 0 Å². The van der Waals surface area contributed by atoms with E-state index in [1.165, 1.54) is 0 Å². The Kier molecular flexibility index (Phi) is 2.36. The zero-order valence-electron chi connectivity index (χ0n) is 9.52. The minimum absolute atomic E-state index is 0.0662. The van der Waals surface area contributed by atoms with Crippen LogP contribution >= 0.6 is 0 Å². The number of nitriles is 2. The molecule has 0 heterocycles. The number of nitrogens with zero attached hydrogens (tertiary/aromatic N) is 2. The van der Waals surface area contributed by atoms with Crippen LogP contribution in [0.1, 0.15) is 47.0 Å². The standard InChI is InChI=1S/C12H18N2/c1-10(2)6-5-7-12(8-13,9-14)11(10,3)4/h5-7H2,1-4H3. The lowest BCUT2D eigenvalue weighted by Crippen LogP contribution is -2.49. The largest absolute Gasteiger partial charge is 0.197 e. The molecule has 2 heteroatoms. The van der Waals surface area contributed by atoms with Gasteiger partial charge in [-0.15, -0.1) is 0 Å². The smallest absolute Gasteiger partial charge is 0.149 e. The second-order valence-electron chi connectivity index (χ2n) is 5.49. The van der Waals surface area contributed by atoms with Crippen LogP contribution in [0.3, 0.4) is 0 Å². The Bertz CT molecular complexity index is 298. The van der Waals surface area contributed by atoms with E-state index < -0.39 is 5.41 Å². The molecule has 0 saturated heterocycles. The lowest BCUT2D eigenvalue weighted by Gasteiger charge is -2.52. The monoisotopic (exact) mass is 190 g/mol. The maximum atomic E-state index is 9.24. The summed E-state index contributed by atoms with van der Waals surface area (Å²) in [5, 5.41) is 18.5. The van der Waals surface area contributed by atoms with Crippen LogP contribution in [0.2, 0.25) is 0 Å². The zero-order valence-corrected chi connectivity index (χ0v) is 9.52. The normalized spacial score (nSPS) is 27.3. The Morgan fingerprint density at radius 2 is 1.43 bits per heavy atom. The van der Waals surface area contributed by atoms with E-state index in [4.69, 9.17) is 0 Å². The summed E-state index contributed by atoms with van der Waals surface area (Å²) in [5.74, 6) is 0. The van der Waals surface area contributed by atoms with Gasteiger partial charge in [-0.25, -0.2) is 0 Å². The Morgan fingerprint density at radius 1 is 0.929 bits per heavy atom. The summed E-state index contributed by atoms with van der Waals surface area (Å²) in [5.41, 5.74) is -0.965. The van der Waals surface area contributed by atoms with Gasteiger partial charge in [-0.05, 0) is 18.3 Å². The van der Waals surface area contributed by atoms with Crippen molar-refractivity contribution in [3.63, 3.8) is 0 Å². The first-order chi connectivity index (χ1) is 6.33. The van der Waals surface area contributed by atoms with Gasteiger partial charge in [-0.2, -0.15) is 10.5 Å². The Balaban J connectivity index is 3.25. The van der Waals surface area contributed by atoms with E-state index in [2.05, 4.69) is 39.8 Å². The van der Waals surface area contributed by atoms with Gasteiger partial charge in [0.1, 0.15) is 5.41 Å². The van der Waals surface area contributed by atoms with Crippen LogP contribution in [0, 0.1) is 38.9 Å². The van der Waals surface area contributed by atoms with Gasteiger partial charge in [0.05, 0.1) is 12.1 Å². The molecule has 0 N–H and O–H groups in total. The van der Waals surface area contributed by atoms with Gasteiger partial charge < -0.3 is 0 Å². The third kappa shape index (κ3) is 1.14. The van der Waals surface area contributed by atoms with Gasteiger partial charge in [-0.1, -0.05) is 34.1 Å². The molecule has 0 aromatic carbocycles. The summed E-state index contributed by atoms with van der Waals surface area (Å²) in [6, 6.07) is 4.50. The molecule has 0 aromatic heterocycles. The molecule has 14 heavy (non-hydrogen) atoms. The molecule has 2 nitrogen and oxygen atoms in total. The van der Waals surface area contributed by atoms with E-state index in [0.29, 0.717) is 0 Å². The third-order valence-corrected chi connectivity index (χ3v) is 4.49. The molecule has 0 bridgehead atoms. The average molecular weight is 190 g/mol. The van der Waals surface area contributed by atoms with Gasteiger partial charge in [0, 0.05) is 5.41 Å². The highest BCUT2D eigenvalue weighted by molar-refractivity contribution is 5.23. The summed E-state index contributed by atoms with van der Waals surface area (Å²) >= 11 is 0. The van der Waals surface area contributed by atoms with E-state index in [1.807, 2.05) is 0 Å². The molecular weight excluding hydrogens is 172 g/mol. The molecule has 1 rings (SSSR count). The topological polar surface area (TPSA) is 47.6 Å². The summed E-state index contributed by atoms with van der Waals surface area (Å²) in [7, 11) is 0. The third-order valence-electron chi connectivity index (χ3n) is 4.49. The minimum atomic E-state index is -0.797. The molecule has 1 aliphatic rings. The van der Waals surface area contributed by atoms with Crippen LogP contribution in [0.5, 0.6) is 0 Å². The first-order valence-corrected chi connectivity index (χ1v) is 5.15. The Morgan fingerprint density at radius 3 is 1.79 bits per heavy atom. The molecule has 0 amide bonds. The van der Waals surface area contributed by atoms with Gasteiger partial charge in [0.15, 0.2) is 0 Å². The predicted molar refractivity (Wildman–Crippen MR) is 55.1 cm³/mol. The maximum Gasteiger partial charge on any atom is 0.149 e. The summed E-state index contributed by atoms with van der Waals surface area (Å²) in [6.45, 7) is 8.43. The Hall–Kier alpha value is -1.02. The van der Waals surface area contributed by atoms with Crippen LogP contribution in [0.25, 0.3) is 0 Å². The highest BCUT2D eigenvalue weighted by Crippen LogP contribution is 2.59. The fourth-order valence-corrected chi connectivity index (χ4v) is 2.41. The SMILES string of the molecule is CC1(C)CCCC(C#N)(C#N)C1(C)C. The second-order valence-corrected chi connectivity index (χ2v) is 5.49. The number of rotatable bonds is 0. The van der Waals surface area contributed by atoms with Crippen molar-refractivity contribution < 1.29 is 0 Å². The van der Waals surface area contributed by atoms with Crippen LogP contribution in [-0.2, 0) is 0 Å². The quantitative estimate of drug-likeness (QED) is 0.588. The van der Waals surface area contributed by atoms with Gasteiger partial charge >= 0.3 is 0 Å². The summed E-state index contributed by atoms with van der Waals surface area (Å²) in [4.78, 5) is 0. The summed E-state index contributed by atoms with van der Waals surface area (Å²) < 4.78 is 0. The fourth-order valence-electron chi connectivity index (χ4n) is 2.41. The number of hydrogen-bond donors (Lipinski definition) is 0. The maximum absolute atomic E-state index is 9.24. The molecule has 0 aliphatic heterocycles. The lowest BCUT2D eigenvalue weighted by atomic mass is 9.48. The molecule has 1 fully saturated rings. The minimum Gasteiger partial charge on any atom is -0.197 e. The van der Waals surface area contributed by atoms with Crippen molar-refractivity contribution in [1.29, 1.82) is 10.5 Å². The van der Waals surface area contributed by atoms with Crippen molar-refractivity contribution in [2.75, 3.05) is 0 Å². The molecule has 0 unspecified atom stereocenters. The lowest BCUT2D eigenvalue weighted by molar-refractivity contribution is -0.0210. The van der Waals surface area contributed by atoms with Crippen molar-refractivity contribution in [2.45, 2.75) is 47.0 Å². The predicted octanol–water partition coefficient (Wildman–Crippen LogP) is 3.26. The van der Waals surface area contributed by atoms with E-state index >= 15 is 0 Å². The first-order valence-electron chi connectivity index (χ1n) is 5.15. The highest BCUT2D eigenvalue weighted by atomic mass is 14.6. The van der Waals surface area contributed by atoms with Crippen LogP contribution in [-0.4, -0.2) is 0 Å². The molecule has 76 valence electrons. The summed E-state index contributed by atoms with van der Waals surface area (Å²) in [6.07, 6.45) is 2.80. The second kappa shape index (κ2) is 2.99. The van der Waals surface area contributed by atoms with Gasteiger partial charge in [-0.3, -0.25) is 0 Å². The average Bonchev–Trinajstić information content (AvgIpc) is 2.10. The van der Waals surface area contributed by atoms with Crippen molar-refractivity contribution in [3.05, 3.63) is 0 Å². The zero-order chi connectivity index (χ0) is 11.0. The fraction of sp³-hybridized carbons (Fsp3) is 0.833. The molecule has 0 aromatic rings. The van der Waals surface area contributed by atoms with E-state index in [0.717, 1.165) is 19.3 Å². The number of hydrogen-bond acceptors (Lipinski definition) is 2. The molecule has 0 atom stereocenters. The molecule has 1 saturated carbocycles. The van der Waals surface area contributed by atoms with Crippen LogP contribution < -0.4 is 0 Å². The Labute approximate surface area is 86.5 Å². The van der Waals surface area contributed by atoms with E-state index in [1.54, 1.807) is 0 Å². The highest BCUT2D eigenvalue weighted by Gasteiger charge is 2.56. The molecule has 0 radical (unpaired) electrons. The van der Waals surface area contributed by atoms with Crippen LogP contribution in [0.4, 0.5) is 0 Å². The van der Waals surface area contributed by atoms with Crippen molar-refractivity contribution >= 4 is 0 Å². The molecule has 1 aliphatic carbocycles. The van der Waals surface area contributed by atoms with Crippen molar-refractivity contribution in [1.82, 2.24) is 0 Å². The van der Waals surface area contributed by atoms with E-state index in [9.17, 15) is 10.5 Å². The first kappa shape index (κ1) is 11.1.